The summed E-state index contributed by atoms with van der Waals surface area (Å²) in [7, 11) is -3.64. The van der Waals surface area contributed by atoms with Crippen LogP contribution in [-0.2, 0) is 10.2 Å². The second-order valence-corrected chi connectivity index (χ2v) is 6.39. The van der Waals surface area contributed by atoms with Gasteiger partial charge in [0.25, 0.3) is 0 Å². The first-order valence-electron chi connectivity index (χ1n) is 5.98. The summed E-state index contributed by atoms with van der Waals surface area (Å²) in [5, 5.41) is 3.25. The molecule has 7 nitrogen and oxygen atoms in total. The van der Waals surface area contributed by atoms with Crippen molar-refractivity contribution >= 4 is 33.4 Å². The highest BCUT2D eigenvalue weighted by atomic mass is 35.5. The SMILES string of the molecule is NC(=O)c1cc(NS(=O)(=O)N2CCNCC2)ccc1Cl. The lowest BCUT2D eigenvalue weighted by Gasteiger charge is -2.26. The van der Waals surface area contributed by atoms with E-state index in [1.165, 1.54) is 22.5 Å². The molecule has 0 bridgehead atoms. The number of carbonyl (C=O) groups is 1. The number of amides is 1. The number of carbonyl (C=O) groups excluding carboxylic acids is 1. The second-order valence-electron chi connectivity index (χ2n) is 4.32. The molecular formula is C11H15ClN4O3S. The Morgan fingerprint density at radius 2 is 2.00 bits per heavy atom. The maximum atomic E-state index is 12.2. The smallest absolute Gasteiger partial charge is 0.301 e. The van der Waals surface area contributed by atoms with Crippen LogP contribution in [0.25, 0.3) is 0 Å². The molecular weight excluding hydrogens is 304 g/mol. The first-order valence-corrected chi connectivity index (χ1v) is 7.80. The summed E-state index contributed by atoms with van der Waals surface area (Å²) in [5.41, 5.74) is 5.50. The summed E-state index contributed by atoms with van der Waals surface area (Å²) in [5.74, 6) is -0.710. The molecule has 1 saturated heterocycles. The van der Waals surface area contributed by atoms with Gasteiger partial charge in [0.15, 0.2) is 0 Å². The summed E-state index contributed by atoms with van der Waals surface area (Å²) in [6.07, 6.45) is 0. The molecule has 1 aliphatic heterocycles. The first-order chi connectivity index (χ1) is 9.40. The molecule has 1 aliphatic rings. The van der Waals surface area contributed by atoms with Gasteiger partial charge in [-0.3, -0.25) is 9.52 Å². The van der Waals surface area contributed by atoms with E-state index in [2.05, 4.69) is 10.0 Å². The Labute approximate surface area is 122 Å². The zero-order valence-electron chi connectivity index (χ0n) is 10.6. The van der Waals surface area contributed by atoms with Gasteiger partial charge in [0, 0.05) is 26.2 Å². The van der Waals surface area contributed by atoms with Gasteiger partial charge in [-0.1, -0.05) is 11.6 Å². The fraction of sp³-hybridized carbons (Fsp3) is 0.364. The van der Waals surface area contributed by atoms with E-state index in [0.29, 0.717) is 26.2 Å². The number of benzene rings is 1. The summed E-state index contributed by atoms with van der Waals surface area (Å²) in [4.78, 5) is 11.2. The fourth-order valence-electron chi connectivity index (χ4n) is 1.88. The Morgan fingerprint density at radius 1 is 1.35 bits per heavy atom. The molecule has 0 aromatic heterocycles. The minimum atomic E-state index is -3.64. The molecule has 0 atom stereocenters. The van der Waals surface area contributed by atoms with E-state index in [0.717, 1.165) is 0 Å². The van der Waals surface area contributed by atoms with Crippen molar-refractivity contribution in [1.29, 1.82) is 0 Å². The van der Waals surface area contributed by atoms with Crippen molar-refractivity contribution in [3.63, 3.8) is 0 Å². The van der Waals surface area contributed by atoms with Crippen LogP contribution in [0.4, 0.5) is 5.69 Å². The highest BCUT2D eigenvalue weighted by Gasteiger charge is 2.23. The van der Waals surface area contributed by atoms with Crippen molar-refractivity contribution in [3.05, 3.63) is 28.8 Å². The van der Waals surface area contributed by atoms with Crippen molar-refractivity contribution in [1.82, 2.24) is 9.62 Å². The number of hydrogen-bond acceptors (Lipinski definition) is 4. The number of nitrogens with zero attached hydrogens (tertiary/aromatic N) is 1. The van der Waals surface area contributed by atoms with E-state index in [9.17, 15) is 13.2 Å². The van der Waals surface area contributed by atoms with Gasteiger partial charge >= 0.3 is 10.2 Å². The molecule has 0 saturated carbocycles. The molecule has 2 rings (SSSR count). The minimum absolute atomic E-state index is 0.0761. The quantitative estimate of drug-likeness (QED) is 0.726. The van der Waals surface area contributed by atoms with E-state index in [1.54, 1.807) is 0 Å². The molecule has 4 N–H and O–H groups in total. The zero-order chi connectivity index (χ0) is 14.8. The summed E-state index contributed by atoms with van der Waals surface area (Å²) in [6, 6.07) is 4.23. The summed E-state index contributed by atoms with van der Waals surface area (Å²) in [6.45, 7) is 2.00. The molecule has 1 aromatic rings. The van der Waals surface area contributed by atoms with Crippen LogP contribution < -0.4 is 15.8 Å². The molecule has 110 valence electrons. The third-order valence-electron chi connectivity index (χ3n) is 2.89. The summed E-state index contributed by atoms with van der Waals surface area (Å²) >= 11 is 5.81. The molecule has 0 aliphatic carbocycles. The maximum Gasteiger partial charge on any atom is 0.301 e. The average molecular weight is 319 g/mol. The Morgan fingerprint density at radius 3 is 2.60 bits per heavy atom. The zero-order valence-corrected chi connectivity index (χ0v) is 12.2. The van der Waals surface area contributed by atoms with Crippen LogP contribution in [0.2, 0.25) is 5.02 Å². The van der Waals surface area contributed by atoms with Crippen LogP contribution in [0.1, 0.15) is 10.4 Å². The van der Waals surface area contributed by atoms with Gasteiger partial charge in [-0.25, -0.2) is 0 Å². The number of anilines is 1. The number of rotatable bonds is 4. The van der Waals surface area contributed by atoms with Crippen LogP contribution in [0.15, 0.2) is 18.2 Å². The van der Waals surface area contributed by atoms with E-state index >= 15 is 0 Å². The molecule has 1 fully saturated rings. The lowest BCUT2D eigenvalue weighted by molar-refractivity contribution is 0.100. The molecule has 1 amide bonds. The van der Waals surface area contributed by atoms with E-state index < -0.39 is 16.1 Å². The van der Waals surface area contributed by atoms with Crippen molar-refractivity contribution in [2.45, 2.75) is 0 Å². The Hall–Kier alpha value is -1.35. The van der Waals surface area contributed by atoms with Crippen molar-refractivity contribution < 1.29 is 13.2 Å². The lowest BCUT2D eigenvalue weighted by Crippen LogP contribution is -2.48. The van der Waals surface area contributed by atoms with Crippen LogP contribution in [0, 0.1) is 0 Å². The van der Waals surface area contributed by atoms with Crippen LogP contribution in [0.3, 0.4) is 0 Å². The number of nitrogens with one attached hydrogen (secondary N) is 2. The van der Waals surface area contributed by atoms with Gasteiger partial charge in [-0.15, -0.1) is 0 Å². The van der Waals surface area contributed by atoms with Crippen molar-refractivity contribution in [3.8, 4) is 0 Å². The number of hydrogen-bond donors (Lipinski definition) is 3. The predicted octanol–water partition coefficient (Wildman–Crippen LogP) is 0.000800. The Balaban J connectivity index is 2.20. The Kier molecular flexibility index (Phi) is 4.48. The van der Waals surface area contributed by atoms with E-state index in [4.69, 9.17) is 17.3 Å². The third kappa shape index (κ3) is 3.40. The third-order valence-corrected chi connectivity index (χ3v) is 4.76. The average Bonchev–Trinajstić information content (AvgIpc) is 2.41. The molecule has 9 heteroatoms. The van der Waals surface area contributed by atoms with Gasteiger partial charge in [-0.05, 0) is 18.2 Å². The predicted molar refractivity (Wildman–Crippen MR) is 77.0 cm³/mol. The topological polar surface area (TPSA) is 105 Å². The highest BCUT2D eigenvalue weighted by molar-refractivity contribution is 7.90. The van der Waals surface area contributed by atoms with Gasteiger partial charge in [-0.2, -0.15) is 12.7 Å². The molecule has 20 heavy (non-hydrogen) atoms. The number of halogens is 1. The highest BCUT2D eigenvalue weighted by Crippen LogP contribution is 2.21. The standard InChI is InChI=1S/C11H15ClN4O3S/c12-10-2-1-8(7-9(10)11(13)17)15-20(18,19)16-5-3-14-4-6-16/h1-2,7,14-15H,3-6H2,(H2,13,17). The number of piperazine rings is 1. The van der Waals surface area contributed by atoms with Crippen molar-refractivity contribution in [2.75, 3.05) is 30.9 Å². The van der Waals surface area contributed by atoms with E-state index in [-0.39, 0.29) is 16.3 Å². The van der Waals surface area contributed by atoms with Crippen LogP contribution in [0.5, 0.6) is 0 Å². The maximum absolute atomic E-state index is 12.2. The van der Waals surface area contributed by atoms with Gasteiger partial charge in [0.2, 0.25) is 5.91 Å². The number of nitrogens with two attached hydrogens (primary N) is 1. The minimum Gasteiger partial charge on any atom is -0.366 e. The van der Waals surface area contributed by atoms with Crippen LogP contribution in [-0.4, -0.2) is 44.8 Å². The Bertz CT molecular complexity index is 614. The van der Waals surface area contributed by atoms with Gasteiger partial charge in [0.05, 0.1) is 16.3 Å². The molecule has 1 aromatic carbocycles. The second kappa shape index (κ2) is 5.96. The lowest BCUT2D eigenvalue weighted by atomic mass is 10.2. The monoisotopic (exact) mass is 318 g/mol. The summed E-state index contributed by atoms with van der Waals surface area (Å²) < 4.78 is 28.1. The molecule has 1 heterocycles. The molecule has 0 radical (unpaired) electrons. The van der Waals surface area contributed by atoms with Crippen LogP contribution >= 0.6 is 11.6 Å². The number of primary amides is 1. The fourth-order valence-corrected chi connectivity index (χ4v) is 3.30. The molecule has 0 spiro atoms. The van der Waals surface area contributed by atoms with E-state index in [1.807, 2.05) is 0 Å². The largest absolute Gasteiger partial charge is 0.366 e. The normalized spacial score (nSPS) is 16.9. The molecule has 0 unspecified atom stereocenters. The van der Waals surface area contributed by atoms with Crippen molar-refractivity contribution in [2.24, 2.45) is 5.73 Å². The van der Waals surface area contributed by atoms with Gasteiger partial charge in [0.1, 0.15) is 0 Å². The van der Waals surface area contributed by atoms with Gasteiger partial charge < -0.3 is 11.1 Å². The first kappa shape index (κ1) is 15.0.